The van der Waals surface area contributed by atoms with Gasteiger partial charge in [0.05, 0.1) is 16.4 Å². The van der Waals surface area contributed by atoms with E-state index in [0.29, 0.717) is 6.04 Å². The van der Waals surface area contributed by atoms with Gasteiger partial charge in [-0.2, -0.15) is 5.10 Å². The van der Waals surface area contributed by atoms with E-state index in [-0.39, 0.29) is 0 Å². The highest BCUT2D eigenvalue weighted by Gasteiger charge is 2.43. The Morgan fingerprint density at radius 1 is 1.35 bits per heavy atom. The molecule has 3 atom stereocenters. The Kier molecular flexibility index (Phi) is 4.07. The average Bonchev–Trinajstić information content (AvgIpc) is 3.07. The van der Waals surface area contributed by atoms with Gasteiger partial charge in [-0.25, -0.2) is 0 Å². The molecule has 0 aromatic carbocycles. The molecule has 3 unspecified atom stereocenters. The molecule has 1 N–H and O–H groups in total. The maximum absolute atomic E-state index is 6.46. The SMILES string of the molecule is CCC1C2CNCC2CN1Cc1c(Cl)c(C)nn1CC. The van der Waals surface area contributed by atoms with Gasteiger partial charge in [0, 0.05) is 25.7 Å². The summed E-state index contributed by atoms with van der Waals surface area (Å²) in [6.07, 6.45) is 1.22. The van der Waals surface area contributed by atoms with E-state index in [0.717, 1.165) is 35.6 Å². The van der Waals surface area contributed by atoms with Crippen LogP contribution < -0.4 is 5.32 Å². The number of nitrogens with one attached hydrogen (secondary N) is 1. The van der Waals surface area contributed by atoms with Gasteiger partial charge in [0.25, 0.3) is 0 Å². The normalized spacial score (nSPS) is 30.1. The zero-order valence-corrected chi connectivity index (χ0v) is 13.5. The van der Waals surface area contributed by atoms with Crippen molar-refractivity contribution in [3.05, 3.63) is 16.4 Å². The van der Waals surface area contributed by atoms with E-state index in [9.17, 15) is 0 Å². The van der Waals surface area contributed by atoms with Crippen LogP contribution in [0.5, 0.6) is 0 Å². The van der Waals surface area contributed by atoms with Crippen molar-refractivity contribution in [2.75, 3.05) is 19.6 Å². The lowest BCUT2D eigenvalue weighted by molar-refractivity contribution is 0.205. The number of hydrogen-bond acceptors (Lipinski definition) is 3. The van der Waals surface area contributed by atoms with Crippen LogP contribution in [0.3, 0.4) is 0 Å². The van der Waals surface area contributed by atoms with Crippen LogP contribution in [-0.2, 0) is 13.1 Å². The van der Waals surface area contributed by atoms with E-state index in [1.54, 1.807) is 0 Å². The van der Waals surface area contributed by atoms with E-state index in [2.05, 4.69) is 33.8 Å². The maximum atomic E-state index is 6.46. The quantitative estimate of drug-likeness (QED) is 0.925. The molecule has 3 rings (SSSR count). The minimum Gasteiger partial charge on any atom is -0.316 e. The Morgan fingerprint density at radius 2 is 2.15 bits per heavy atom. The molecule has 2 aliphatic rings. The number of aromatic nitrogens is 2. The van der Waals surface area contributed by atoms with Gasteiger partial charge in [0.2, 0.25) is 0 Å². The summed E-state index contributed by atoms with van der Waals surface area (Å²) in [4.78, 5) is 2.63. The molecule has 0 bridgehead atoms. The highest BCUT2D eigenvalue weighted by molar-refractivity contribution is 6.31. The number of aryl methyl sites for hydroxylation is 2. The Labute approximate surface area is 126 Å². The lowest BCUT2D eigenvalue weighted by atomic mass is 9.93. The van der Waals surface area contributed by atoms with Crippen LogP contribution >= 0.6 is 11.6 Å². The van der Waals surface area contributed by atoms with E-state index < -0.39 is 0 Å². The minimum absolute atomic E-state index is 0.687. The highest BCUT2D eigenvalue weighted by atomic mass is 35.5. The predicted molar refractivity (Wildman–Crippen MR) is 82.0 cm³/mol. The smallest absolute Gasteiger partial charge is 0.0860 e. The molecular formula is C15H25ClN4. The zero-order valence-electron chi connectivity index (χ0n) is 12.7. The third-order valence-electron chi connectivity index (χ3n) is 5.05. The second-order valence-corrected chi connectivity index (χ2v) is 6.53. The van der Waals surface area contributed by atoms with Gasteiger partial charge in [-0.1, -0.05) is 18.5 Å². The lowest BCUT2D eigenvalue weighted by Crippen LogP contribution is -2.35. The monoisotopic (exact) mass is 296 g/mol. The molecule has 0 aliphatic carbocycles. The van der Waals surface area contributed by atoms with Gasteiger partial charge >= 0.3 is 0 Å². The molecule has 0 amide bonds. The maximum Gasteiger partial charge on any atom is 0.0860 e. The van der Waals surface area contributed by atoms with Crippen LogP contribution in [0.4, 0.5) is 0 Å². The first-order chi connectivity index (χ1) is 9.65. The van der Waals surface area contributed by atoms with Gasteiger partial charge in [-0.15, -0.1) is 0 Å². The zero-order chi connectivity index (χ0) is 14.3. The number of rotatable bonds is 4. The fourth-order valence-corrected chi connectivity index (χ4v) is 4.26. The third kappa shape index (κ3) is 2.28. The van der Waals surface area contributed by atoms with Crippen LogP contribution in [0, 0.1) is 18.8 Å². The van der Waals surface area contributed by atoms with E-state index in [4.69, 9.17) is 11.6 Å². The molecule has 0 saturated carbocycles. The number of hydrogen-bond donors (Lipinski definition) is 1. The first-order valence-electron chi connectivity index (χ1n) is 7.82. The van der Waals surface area contributed by atoms with Crippen molar-refractivity contribution in [3.63, 3.8) is 0 Å². The molecule has 1 aromatic rings. The predicted octanol–water partition coefficient (Wildman–Crippen LogP) is 2.29. The Balaban J connectivity index is 1.81. The molecule has 4 nitrogen and oxygen atoms in total. The first kappa shape index (κ1) is 14.4. The van der Waals surface area contributed by atoms with Crippen molar-refractivity contribution in [3.8, 4) is 0 Å². The van der Waals surface area contributed by atoms with Crippen LogP contribution in [0.2, 0.25) is 5.02 Å². The molecule has 112 valence electrons. The van der Waals surface area contributed by atoms with Crippen LogP contribution in [0.1, 0.15) is 31.7 Å². The van der Waals surface area contributed by atoms with Crippen molar-refractivity contribution < 1.29 is 0 Å². The minimum atomic E-state index is 0.687. The molecule has 2 aliphatic heterocycles. The van der Waals surface area contributed by atoms with Gasteiger partial charge in [0.15, 0.2) is 0 Å². The molecule has 0 spiro atoms. The second-order valence-electron chi connectivity index (χ2n) is 6.15. The summed E-state index contributed by atoms with van der Waals surface area (Å²) in [5.74, 6) is 1.63. The highest BCUT2D eigenvalue weighted by Crippen LogP contribution is 2.36. The second kappa shape index (κ2) is 5.66. The number of fused-ring (bicyclic) bond motifs is 1. The van der Waals surface area contributed by atoms with Crippen molar-refractivity contribution in [1.82, 2.24) is 20.0 Å². The summed E-state index contributed by atoms with van der Waals surface area (Å²) in [7, 11) is 0. The fourth-order valence-electron chi connectivity index (χ4n) is 4.07. The van der Waals surface area contributed by atoms with E-state index in [1.807, 2.05) is 6.92 Å². The Hall–Kier alpha value is -0.580. The van der Waals surface area contributed by atoms with Crippen molar-refractivity contribution >= 4 is 11.6 Å². The van der Waals surface area contributed by atoms with Crippen LogP contribution in [0.25, 0.3) is 0 Å². The Bertz CT molecular complexity index is 484. The third-order valence-corrected chi connectivity index (χ3v) is 5.54. The lowest BCUT2D eigenvalue weighted by Gasteiger charge is -2.27. The van der Waals surface area contributed by atoms with Crippen molar-refractivity contribution in [2.24, 2.45) is 11.8 Å². The summed E-state index contributed by atoms with van der Waals surface area (Å²) >= 11 is 6.46. The van der Waals surface area contributed by atoms with Gasteiger partial charge in [-0.3, -0.25) is 9.58 Å². The summed E-state index contributed by atoms with van der Waals surface area (Å²) in [6, 6.07) is 0.687. The first-order valence-corrected chi connectivity index (χ1v) is 8.20. The molecular weight excluding hydrogens is 272 g/mol. The van der Waals surface area contributed by atoms with Crippen molar-refractivity contribution in [2.45, 2.75) is 46.3 Å². The standard InChI is InChI=1S/C15H25ClN4/c1-4-13-12-7-17-6-11(12)8-19(13)9-14-15(16)10(3)18-20(14)5-2/h11-13,17H,4-9H2,1-3H3. The van der Waals surface area contributed by atoms with Gasteiger partial charge in [0.1, 0.15) is 0 Å². The van der Waals surface area contributed by atoms with Crippen molar-refractivity contribution in [1.29, 1.82) is 0 Å². The molecule has 5 heteroatoms. The molecule has 20 heavy (non-hydrogen) atoms. The largest absolute Gasteiger partial charge is 0.316 e. The average molecular weight is 297 g/mol. The topological polar surface area (TPSA) is 33.1 Å². The summed E-state index contributed by atoms with van der Waals surface area (Å²) in [5, 5.41) is 8.94. The summed E-state index contributed by atoms with van der Waals surface area (Å²) in [6.45, 7) is 11.8. The molecule has 0 radical (unpaired) electrons. The number of likely N-dealkylation sites (tertiary alicyclic amines) is 1. The number of halogens is 1. The molecule has 1 aromatic heterocycles. The molecule has 3 heterocycles. The van der Waals surface area contributed by atoms with Crippen LogP contribution in [-0.4, -0.2) is 40.4 Å². The fraction of sp³-hybridized carbons (Fsp3) is 0.800. The van der Waals surface area contributed by atoms with Gasteiger partial charge < -0.3 is 5.32 Å². The van der Waals surface area contributed by atoms with E-state index >= 15 is 0 Å². The van der Waals surface area contributed by atoms with Crippen LogP contribution in [0.15, 0.2) is 0 Å². The molecule has 2 fully saturated rings. The molecule has 2 saturated heterocycles. The number of nitrogens with zero attached hydrogens (tertiary/aromatic N) is 3. The van der Waals surface area contributed by atoms with Gasteiger partial charge in [-0.05, 0) is 45.2 Å². The summed E-state index contributed by atoms with van der Waals surface area (Å²) in [5.41, 5.74) is 2.15. The summed E-state index contributed by atoms with van der Waals surface area (Å²) < 4.78 is 2.07. The Morgan fingerprint density at radius 3 is 2.85 bits per heavy atom. The van der Waals surface area contributed by atoms with E-state index in [1.165, 1.54) is 31.7 Å².